The third kappa shape index (κ3) is 4.23. The van der Waals surface area contributed by atoms with E-state index in [2.05, 4.69) is 28.0 Å². The van der Waals surface area contributed by atoms with Crippen LogP contribution in [-0.4, -0.2) is 69.0 Å². The number of rotatable bonds is 7. The largest absolute Gasteiger partial charge is 0.496 e. The molecule has 2 heterocycles. The summed E-state index contributed by atoms with van der Waals surface area (Å²) in [5, 5.41) is 0. The van der Waals surface area contributed by atoms with Gasteiger partial charge in [0, 0.05) is 50.9 Å². The Hall–Kier alpha value is -1.14. The predicted octanol–water partition coefficient (Wildman–Crippen LogP) is 1.75. The lowest BCUT2D eigenvalue weighted by Crippen LogP contribution is -2.60. The van der Waals surface area contributed by atoms with E-state index in [-0.39, 0.29) is 0 Å². The third-order valence-electron chi connectivity index (χ3n) is 4.71. The molecule has 2 fully saturated rings. The fourth-order valence-electron chi connectivity index (χ4n) is 3.36. The van der Waals surface area contributed by atoms with E-state index in [1.807, 2.05) is 6.92 Å². The van der Waals surface area contributed by atoms with Crippen molar-refractivity contribution in [3.63, 3.8) is 0 Å². The molecule has 2 aliphatic rings. The number of morpholine rings is 1. The lowest BCUT2D eigenvalue weighted by Gasteiger charge is -2.46. The molecule has 5 nitrogen and oxygen atoms in total. The first-order chi connectivity index (χ1) is 11.3. The van der Waals surface area contributed by atoms with Crippen LogP contribution >= 0.6 is 0 Å². The van der Waals surface area contributed by atoms with Crippen molar-refractivity contribution in [1.82, 2.24) is 9.80 Å². The Labute approximate surface area is 139 Å². The van der Waals surface area contributed by atoms with Gasteiger partial charge in [-0.15, -0.1) is 0 Å². The number of hydrogen-bond donors (Lipinski definition) is 0. The molecule has 3 rings (SSSR count). The maximum atomic E-state index is 5.55. The molecule has 0 spiro atoms. The van der Waals surface area contributed by atoms with Gasteiger partial charge in [-0.25, -0.2) is 0 Å². The highest BCUT2D eigenvalue weighted by Crippen LogP contribution is 2.24. The standard InChI is InChI=1S/C18H28N2O3/c1-3-22-14-16-10-15(4-5-18(16)21-2)11-19-12-17(13-19)20-6-8-23-9-7-20/h4-5,10,17H,3,6-9,11-14H2,1-2H3. The van der Waals surface area contributed by atoms with E-state index < -0.39 is 0 Å². The topological polar surface area (TPSA) is 34.2 Å². The van der Waals surface area contributed by atoms with Gasteiger partial charge in [0.2, 0.25) is 0 Å². The summed E-state index contributed by atoms with van der Waals surface area (Å²) < 4.78 is 16.4. The van der Waals surface area contributed by atoms with Crippen LogP contribution < -0.4 is 4.74 Å². The molecule has 0 saturated carbocycles. The van der Waals surface area contributed by atoms with Crippen LogP contribution in [0.4, 0.5) is 0 Å². The normalized spacial score (nSPS) is 20.4. The molecule has 1 aromatic rings. The van der Waals surface area contributed by atoms with Crippen LogP contribution in [0.15, 0.2) is 18.2 Å². The third-order valence-corrected chi connectivity index (χ3v) is 4.71. The molecule has 0 unspecified atom stereocenters. The van der Waals surface area contributed by atoms with Crippen molar-refractivity contribution < 1.29 is 14.2 Å². The van der Waals surface area contributed by atoms with Crippen molar-refractivity contribution in [2.45, 2.75) is 26.1 Å². The van der Waals surface area contributed by atoms with Crippen LogP contribution in [0.25, 0.3) is 0 Å². The molecule has 1 aromatic carbocycles. The second-order valence-corrected chi connectivity index (χ2v) is 6.28. The summed E-state index contributed by atoms with van der Waals surface area (Å²) in [6, 6.07) is 7.15. The Morgan fingerprint density at radius 3 is 2.70 bits per heavy atom. The first kappa shape index (κ1) is 16.7. The van der Waals surface area contributed by atoms with Crippen molar-refractivity contribution in [3.8, 4) is 5.75 Å². The Morgan fingerprint density at radius 2 is 2.00 bits per heavy atom. The maximum absolute atomic E-state index is 5.55. The number of methoxy groups -OCH3 is 1. The first-order valence-electron chi connectivity index (χ1n) is 8.58. The molecule has 128 valence electrons. The number of ether oxygens (including phenoxy) is 3. The minimum Gasteiger partial charge on any atom is -0.496 e. The van der Waals surface area contributed by atoms with Crippen LogP contribution in [0.3, 0.4) is 0 Å². The zero-order valence-electron chi connectivity index (χ0n) is 14.3. The summed E-state index contributed by atoms with van der Waals surface area (Å²) in [6.45, 7) is 10.6. The molecule has 0 aromatic heterocycles. The second kappa shape index (κ2) is 8.11. The van der Waals surface area contributed by atoms with Crippen LogP contribution in [0, 0.1) is 0 Å². The van der Waals surface area contributed by atoms with E-state index in [0.29, 0.717) is 12.6 Å². The van der Waals surface area contributed by atoms with Gasteiger partial charge < -0.3 is 14.2 Å². The van der Waals surface area contributed by atoms with Gasteiger partial charge in [0.1, 0.15) is 5.75 Å². The summed E-state index contributed by atoms with van der Waals surface area (Å²) in [6.07, 6.45) is 0. The number of nitrogens with zero attached hydrogens (tertiary/aromatic N) is 2. The molecule has 0 N–H and O–H groups in total. The summed E-state index contributed by atoms with van der Waals surface area (Å²) in [7, 11) is 1.72. The van der Waals surface area contributed by atoms with Crippen molar-refractivity contribution in [1.29, 1.82) is 0 Å². The van der Waals surface area contributed by atoms with Crippen molar-refractivity contribution >= 4 is 0 Å². The molecule has 0 bridgehead atoms. The van der Waals surface area contributed by atoms with E-state index in [1.165, 1.54) is 5.56 Å². The Balaban J connectivity index is 1.52. The lowest BCUT2D eigenvalue weighted by atomic mass is 10.0. The zero-order valence-corrected chi connectivity index (χ0v) is 14.3. The molecular formula is C18H28N2O3. The number of hydrogen-bond acceptors (Lipinski definition) is 5. The van der Waals surface area contributed by atoms with Crippen molar-refractivity contribution in [3.05, 3.63) is 29.3 Å². The highest BCUT2D eigenvalue weighted by atomic mass is 16.5. The Kier molecular flexibility index (Phi) is 5.89. The SMILES string of the molecule is CCOCc1cc(CN2CC(N3CCOCC3)C2)ccc1OC. The Morgan fingerprint density at radius 1 is 1.22 bits per heavy atom. The van der Waals surface area contributed by atoms with Gasteiger partial charge >= 0.3 is 0 Å². The minimum atomic E-state index is 0.615. The summed E-state index contributed by atoms with van der Waals surface area (Å²) in [5.41, 5.74) is 2.47. The number of benzene rings is 1. The number of likely N-dealkylation sites (tertiary alicyclic amines) is 1. The monoisotopic (exact) mass is 320 g/mol. The Bertz CT molecular complexity index is 497. The average molecular weight is 320 g/mol. The van der Waals surface area contributed by atoms with Gasteiger partial charge in [-0.3, -0.25) is 9.80 Å². The van der Waals surface area contributed by atoms with Crippen molar-refractivity contribution in [2.24, 2.45) is 0 Å². The fraction of sp³-hybridized carbons (Fsp3) is 0.667. The first-order valence-corrected chi connectivity index (χ1v) is 8.58. The van der Waals surface area contributed by atoms with Gasteiger partial charge in [0.05, 0.1) is 26.9 Å². The molecule has 0 amide bonds. The van der Waals surface area contributed by atoms with E-state index in [1.54, 1.807) is 7.11 Å². The smallest absolute Gasteiger partial charge is 0.124 e. The van der Waals surface area contributed by atoms with E-state index in [9.17, 15) is 0 Å². The maximum Gasteiger partial charge on any atom is 0.124 e. The molecule has 23 heavy (non-hydrogen) atoms. The van der Waals surface area contributed by atoms with Gasteiger partial charge in [-0.2, -0.15) is 0 Å². The summed E-state index contributed by atoms with van der Waals surface area (Å²) >= 11 is 0. The van der Waals surface area contributed by atoms with E-state index >= 15 is 0 Å². The predicted molar refractivity (Wildman–Crippen MR) is 89.8 cm³/mol. The lowest BCUT2D eigenvalue weighted by molar-refractivity contribution is -0.0344. The van der Waals surface area contributed by atoms with Crippen LogP contribution in [0.5, 0.6) is 5.75 Å². The van der Waals surface area contributed by atoms with Gasteiger partial charge in [0.15, 0.2) is 0 Å². The average Bonchev–Trinajstić information content (AvgIpc) is 2.56. The minimum absolute atomic E-state index is 0.615. The molecular weight excluding hydrogens is 292 g/mol. The molecule has 5 heteroatoms. The van der Waals surface area contributed by atoms with Gasteiger partial charge in [-0.05, 0) is 24.6 Å². The zero-order chi connectivity index (χ0) is 16.1. The van der Waals surface area contributed by atoms with Crippen LogP contribution in [0.1, 0.15) is 18.1 Å². The summed E-state index contributed by atoms with van der Waals surface area (Å²) in [5.74, 6) is 0.914. The van der Waals surface area contributed by atoms with Crippen molar-refractivity contribution in [2.75, 3.05) is 53.1 Å². The fourth-order valence-corrected chi connectivity index (χ4v) is 3.36. The highest BCUT2D eigenvalue weighted by Gasteiger charge is 2.32. The molecule has 0 aliphatic carbocycles. The molecule has 2 aliphatic heterocycles. The van der Waals surface area contributed by atoms with Gasteiger partial charge in [-0.1, -0.05) is 6.07 Å². The van der Waals surface area contributed by atoms with Crippen LogP contribution in [-0.2, 0) is 22.6 Å². The molecule has 0 atom stereocenters. The quantitative estimate of drug-likeness (QED) is 0.765. The summed E-state index contributed by atoms with van der Waals surface area (Å²) in [4.78, 5) is 5.07. The van der Waals surface area contributed by atoms with Crippen LogP contribution in [0.2, 0.25) is 0 Å². The van der Waals surface area contributed by atoms with E-state index in [4.69, 9.17) is 14.2 Å². The van der Waals surface area contributed by atoms with Gasteiger partial charge in [0.25, 0.3) is 0 Å². The highest BCUT2D eigenvalue weighted by molar-refractivity contribution is 5.37. The molecule has 0 radical (unpaired) electrons. The molecule has 2 saturated heterocycles. The second-order valence-electron chi connectivity index (χ2n) is 6.28. The van der Waals surface area contributed by atoms with E-state index in [0.717, 1.165) is 63.9 Å².